The second kappa shape index (κ2) is 4.97. The maximum Gasteiger partial charge on any atom is 0.155 e. The predicted molar refractivity (Wildman–Crippen MR) is 40.6 cm³/mol. The zero-order valence-corrected chi connectivity index (χ0v) is 6.38. The molecule has 0 aromatic heterocycles. The summed E-state index contributed by atoms with van der Waals surface area (Å²) in [6, 6.07) is 0. The van der Waals surface area contributed by atoms with Gasteiger partial charge in [0.25, 0.3) is 0 Å². The smallest absolute Gasteiger partial charge is 0.155 e. The summed E-state index contributed by atoms with van der Waals surface area (Å²) in [5.74, 6) is 1.08. The lowest BCUT2D eigenvalue weighted by atomic mass is 11.0. The second-order valence-electron chi connectivity index (χ2n) is 1.21. The summed E-state index contributed by atoms with van der Waals surface area (Å²) in [6.07, 6.45) is 0. The van der Waals surface area contributed by atoms with E-state index in [0.29, 0.717) is 0 Å². The first-order valence-electron chi connectivity index (χ1n) is 2.62. The van der Waals surface area contributed by atoms with E-state index < -0.39 is 0 Å². The van der Waals surface area contributed by atoms with Crippen molar-refractivity contribution in [3.63, 3.8) is 0 Å². The van der Waals surface area contributed by atoms with E-state index in [2.05, 4.69) is 17.2 Å². The minimum atomic E-state index is 1.01. The van der Waals surface area contributed by atoms with Crippen molar-refractivity contribution in [1.29, 1.82) is 0 Å². The van der Waals surface area contributed by atoms with Crippen molar-refractivity contribution < 1.29 is 0 Å². The molecule has 0 aromatic carbocycles. The van der Waals surface area contributed by atoms with Gasteiger partial charge in [-0.25, -0.2) is 0 Å². The van der Waals surface area contributed by atoms with Crippen LogP contribution >= 0.6 is 11.8 Å². The van der Waals surface area contributed by atoms with Crippen LogP contribution in [0.25, 0.3) is 0 Å². The van der Waals surface area contributed by atoms with Crippen molar-refractivity contribution in [2.45, 2.75) is 6.92 Å². The Kier molecular flexibility index (Phi) is 4.85. The minimum Gasteiger partial charge on any atom is -0.368 e. The lowest BCUT2D eigenvalue weighted by molar-refractivity contribution is 1.18. The zero-order valence-electron chi connectivity index (χ0n) is 5.56. The Bertz CT molecular complexity index is 80.5. The van der Waals surface area contributed by atoms with E-state index in [1.165, 1.54) is 0 Å². The number of thioether (sulfide) groups is 1. The standard InChI is InChI=1S/C5H12N2S/c1-4-8-5(6-2)7-3/h4H2,1-3H3,(H,6,7). The Hall–Kier alpha value is -0.180. The fourth-order valence-electron chi connectivity index (χ4n) is 0.385. The molecule has 0 saturated carbocycles. The van der Waals surface area contributed by atoms with Gasteiger partial charge >= 0.3 is 0 Å². The number of aliphatic imine (C=N–C) groups is 1. The Morgan fingerprint density at radius 1 is 1.75 bits per heavy atom. The molecule has 0 aliphatic rings. The Morgan fingerprint density at radius 3 is 2.50 bits per heavy atom. The average Bonchev–Trinajstić information content (AvgIpc) is 1.83. The highest BCUT2D eigenvalue weighted by Crippen LogP contribution is 1.97. The first-order valence-corrected chi connectivity index (χ1v) is 3.61. The van der Waals surface area contributed by atoms with Crippen LogP contribution in [0.5, 0.6) is 0 Å². The van der Waals surface area contributed by atoms with Crippen molar-refractivity contribution in [3.05, 3.63) is 0 Å². The van der Waals surface area contributed by atoms with Gasteiger partial charge in [-0.2, -0.15) is 0 Å². The van der Waals surface area contributed by atoms with Gasteiger partial charge in [0.1, 0.15) is 0 Å². The zero-order chi connectivity index (χ0) is 6.41. The highest BCUT2D eigenvalue weighted by atomic mass is 32.2. The van der Waals surface area contributed by atoms with Gasteiger partial charge in [-0.1, -0.05) is 18.7 Å². The molecule has 48 valence electrons. The van der Waals surface area contributed by atoms with Crippen molar-refractivity contribution in [1.82, 2.24) is 5.32 Å². The quantitative estimate of drug-likeness (QED) is 0.424. The number of hydrogen-bond donors (Lipinski definition) is 1. The highest BCUT2D eigenvalue weighted by molar-refractivity contribution is 8.13. The summed E-state index contributed by atoms with van der Waals surface area (Å²) < 4.78 is 0. The van der Waals surface area contributed by atoms with E-state index in [1.807, 2.05) is 7.05 Å². The summed E-state index contributed by atoms with van der Waals surface area (Å²) in [5, 5.41) is 3.97. The Morgan fingerprint density at radius 2 is 2.38 bits per heavy atom. The molecule has 0 bridgehead atoms. The molecular weight excluding hydrogens is 120 g/mol. The SMILES string of the molecule is CCS/C(=N\C)NC. The number of rotatable bonds is 1. The first kappa shape index (κ1) is 7.82. The van der Waals surface area contributed by atoms with Crippen LogP contribution in [-0.2, 0) is 0 Å². The van der Waals surface area contributed by atoms with Crippen LogP contribution in [0.2, 0.25) is 0 Å². The topological polar surface area (TPSA) is 24.4 Å². The Balaban J connectivity index is 3.38. The molecule has 1 N–H and O–H groups in total. The fraction of sp³-hybridized carbons (Fsp3) is 0.800. The summed E-state index contributed by atoms with van der Waals surface area (Å²) >= 11 is 1.72. The van der Waals surface area contributed by atoms with Crippen molar-refractivity contribution in [3.8, 4) is 0 Å². The van der Waals surface area contributed by atoms with Crippen molar-refractivity contribution >= 4 is 16.9 Å². The lowest BCUT2D eigenvalue weighted by Gasteiger charge is -1.98. The van der Waals surface area contributed by atoms with Crippen LogP contribution in [0.3, 0.4) is 0 Å². The normalized spacial score (nSPS) is 11.6. The number of nitrogens with zero attached hydrogens (tertiary/aromatic N) is 1. The Labute approximate surface area is 54.8 Å². The van der Waals surface area contributed by atoms with Gasteiger partial charge in [-0.15, -0.1) is 0 Å². The first-order chi connectivity index (χ1) is 3.85. The van der Waals surface area contributed by atoms with Crippen LogP contribution in [0, 0.1) is 0 Å². The van der Waals surface area contributed by atoms with Gasteiger partial charge in [0.15, 0.2) is 5.17 Å². The molecule has 0 amide bonds. The van der Waals surface area contributed by atoms with E-state index in [0.717, 1.165) is 10.9 Å². The molecule has 0 aliphatic carbocycles. The van der Waals surface area contributed by atoms with Crippen LogP contribution in [0.4, 0.5) is 0 Å². The van der Waals surface area contributed by atoms with Crippen LogP contribution in [0.1, 0.15) is 6.92 Å². The monoisotopic (exact) mass is 132 g/mol. The predicted octanol–water partition coefficient (Wildman–Crippen LogP) is 0.945. The van der Waals surface area contributed by atoms with Gasteiger partial charge in [-0.3, -0.25) is 4.99 Å². The summed E-state index contributed by atoms with van der Waals surface area (Å²) in [6.45, 7) is 2.10. The molecule has 8 heavy (non-hydrogen) atoms. The number of hydrogen-bond acceptors (Lipinski definition) is 2. The maximum atomic E-state index is 3.96. The van der Waals surface area contributed by atoms with Crippen LogP contribution in [0.15, 0.2) is 4.99 Å². The molecule has 0 rings (SSSR count). The van der Waals surface area contributed by atoms with Crippen molar-refractivity contribution in [2.75, 3.05) is 19.8 Å². The second-order valence-corrected chi connectivity index (χ2v) is 2.46. The van der Waals surface area contributed by atoms with Crippen LogP contribution < -0.4 is 5.32 Å². The average molecular weight is 132 g/mol. The molecule has 2 nitrogen and oxygen atoms in total. The van der Waals surface area contributed by atoms with E-state index in [1.54, 1.807) is 18.8 Å². The fourth-order valence-corrected chi connectivity index (χ4v) is 0.932. The molecule has 0 unspecified atom stereocenters. The molecule has 0 radical (unpaired) electrons. The molecule has 3 heteroatoms. The summed E-state index contributed by atoms with van der Waals surface area (Å²) in [7, 11) is 3.67. The third-order valence-corrected chi connectivity index (χ3v) is 1.65. The molecular formula is C5H12N2S. The molecule has 0 heterocycles. The van der Waals surface area contributed by atoms with E-state index in [-0.39, 0.29) is 0 Å². The minimum absolute atomic E-state index is 1.01. The summed E-state index contributed by atoms with van der Waals surface area (Å²) in [4.78, 5) is 3.96. The van der Waals surface area contributed by atoms with Gasteiger partial charge in [-0.05, 0) is 5.75 Å². The van der Waals surface area contributed by atoms with Gasteiger partial charge in [0, 0.05) is 14.1 Å². The van der Waals surface area contributed by atoms with Crippen molar-refractivity contribution in [2.24, 2.45) is 4.99 Å². The molecule has 0 aliphatic heterocycles. The molecule has 0 atom stereocenters. The lowest BCUT2D eigenvalue weighted by Crippen LogP contribution is -2.13. The number of nitrogens with one attached hydrogen (secondary N) is 1. The third kappa shape index (κ3) is 2.91. The number of amidine groups is 1. The summed E-state index contributed by atoms with van der Waals surface area (Å²) in [5.41, 5.74) is 0. The molecule has 0 spiro atoms. The van der Waals surface area contributed by atoms with Gasteiger partial charge in [0.2, 0.25) is 0 Å². The third-order valence-electron chi connectivity index (χ3n) is 0.698. The molecule has 0 saturated heterocycles. The van der Waals surface area contributed by atoms with E-state index in [4.69, 9.17) is 0 Å². The van der Waals surface area contributed by atoms with E-state index in [9.17, 15) is 0 Å². The largest absolute Gasteiger partial charge is 0.368 e. The van der Waals surface area contributed by atoms with Crippen LogP contribution in [-0.4, -0.2) is 25.0 Å². The maximum absolute atomic E-state index is 3.96. The highest BCUT2D eigenvalue weighted by Gasteiger charge is 1.88. The van der Waals surface area contributed by atoms with E-state index >= 15 is 0 Å². The van der Waals surface area contributed by atoms with Gasteiger partial charge < -0.3 is 5.32 Å². The van der Waals surface area contributed by atoms with Gasteiger partial charge in [0.05, 0.1) is 0 Å². The molecule has 0 aromatic rings. The molecule has 0 fully saturated rings.